The first-order valence-electron chi connectivity index (χ1n) is 15.2. The molecule has 0 amide bonds. The first-order chi connectivity index (χ1) is 20.3. The van der Waals surface area contributed by atoms with Crippen molar-refractivity contribution in [1.82, 2.24) is 9.97 Å². The van der Waals surface area contributed by atoms with Gasteiger partial charge in [-0.3, -0.25) is 0 Å². The summed E-state index contributed by atoms with van der Waals surface area (Å²) in [6.45, 7) is -6.77. The third-order valence-electron chi connectivity index (χ3n) is 4.86. The number of hydrogen-bond acceptors (Lipinski definition) is 2. The summed E-state index contributed by atoms with van der Waals surface area (Å²) in [7, 11) is 0. The number of aromatic nitrogens is 2. The first kappa shape index (κ1) is 16.3. The number of rotatable bonds is 5. The van der Waals surface area contributed by atoms with Crippen LogP contribution in [-0.4, -0.2) is 9.97 Å². The van der Waals surface area contributed by atoms with Crippen molar-refractivity contribution >= 4 is 0 Å². The van der Waals surface area contributed by atoms with Gasteiger partial charge in [-0.2, -0.15) is 0 Å². The van der Waals surface area contributed by atoms with Crippen molar-refractivity contribution in [3.63, 3.8) is 0 Å². The third kappa shape index (κ3) is 7.82. The van der Waals surface area contributed by atoms with Gasteiger partial charge in [-0.05, 0) is 52.5 Å². The number of hydrogen-bond donors (Lipinski definition) is 0. The van der Waals surface area contributed by atoms with E-state index in [9.17, 15) is 0 Å². The van der Waals surface area contributed by atoms with E-state index in [4.69, 9.17) is 12.3 Å². The average molecular weight is 642 g/mol. The predicted octanol–water partition coefficient (Wildman–Crippen LogP) is 7.96. The van der Waals surface area contributed by atoms with Crippen LogP contribution in [0.4, 0.5) is 0 Å². The molecule has 35 heavy (non-hydrogen) atoms. The van der Waals surface area contributed by atoms with Crippen molar-refractivity contribution in [3.8, 4) is 33.6 Å². The van der Waals surface area contributed by atoms with E-state index in [-0.39, 0.29) is 25.7 Å². The SMILES string of the molecule is [2H]C([2H])([2H])C([2H])(C([2H])([2H])[2H])C([2H])([2H])c1cccc(-c2ccnc(-c3[c-]cccc3)c2)c1.[Ir].[c-]1ccccc1-c1ccccn1. The van der Waals surface area contributed by atoms with Gasteiger partial charge in [0.1, 0.15) is 0 Å². The van der Waals surface area contributed by atoms with Gasteiger partial charge in [-0.25, -0.2) is 0 Å². The molecule has 2 nitrogen and oxygen atoms in total. The second kappa shape index (κ2) is 13.5. The number of nitrogens with zero attached hydrogens (tertiary/aromatic N) is 2. The van der Waals surface area contributed by atoms with Gasteiger partial charge in [0.15, 0.2) is 0 Å². The second-order valence-electron chi connectivity index (χ2n) is 7.28. The molecule has 0 aliphatic carbocycles. The van der Waals surface area contributed by atoms with E-state index < -0.39 is 26.0 Å². The monoisotopic (exact) mass is 642 g/mol. The minimum atomic E-state index is -3.38. The van der Waals surface area contributed by atoms with E-state index in [0.717, 1.165) is 16.8 Å². The molecule has 0 fully saturated rings. The summed E-state index contributed by atoms with van der Waals surface area (Å²) in [5.74, 6) is -3.35. The summed E-state index contributed by atoms with van der Waals surface area (Å²) in [5.41, 5.74) is 4.45. The third-order valence-corrected chi connectivity index (χ3v) is 4.86. The number of pyridine rings is 2. The maximum absolute atomic E-state index is 8.41. The minimum Gasteiger partial charge on any atom is -0.305 e. The Morgan fingerprint density at radius 3 is 2.09 bits per heavy atom. The van der Waals surface area contributed by atoms with E-state index in [0.29, 0.717) is 16.8 Å². The second-order valence-corrected chi connectivity index (χ2v) is 7.28. The molecular weight excluding hydrogens is 605 g/mol. The summed E-state index contributed by atoms with van der Waals surface area (Å²) >= 11 is 0. The molecular formula is C32H28IrN2-2. The Balaban J connectivity index is 0.000000339. The van der Waals surface area contributed by atoms with Crippen LogP contribution in [0.3, 0.4) is 0 Å². The predicted molar refractivity (Wildman–Crippen MR) is 141 cm³/mol. The standard InChI is InChI=1S/C21H20N.C11H8N.Ir/c1-16(2)13-17-7-6-10-19(14-17)20-11-12-22-21(15-20)18-8-4-3-5-9-18;1-2-6-10(7-3-1)11-8-4-5-9-12-11;/h3-8,10-12,14-16H,13H2,1-2H3;1-6,8-9H;/q2*-1;/i1D3,2D3,13D2,16D;;. The summed E-state index contributed by atoms with van der Waals surface area (Å²) in [5, 5.41) is 0. The van der Waals surface area contributed by atoms with Crippen LogP contribution in [0.5, 0.6) is 0 Å². The molecule has 0 aliphatic rings. The van der Waals surface area contributed by atoms with Crippen LogP contribution >= 0.6 is 0 Å². The van der Waals surface area contributed by atoms with Crippen LogP contribution in [-0.2, 0) is 26.5 Å². The molecule has 5 aromatic rings. The van der Waals surface area contributed by atoms with Crippen molar-refractivity contribution in [3.05, 3.63) is 133 Å². The fourth-order valence-electron chi connectivity index (χ4n) is 3.31. The van der Waals surface area contributed by atoms with Crippen LogP contribution in [0.1, 0.15) is 31.6 Å². The Kier molecular flexibility index (Phi) is 6.29. The molecule has 0 saturated heterocycles. The Morgan fingerprint density at radius 2 is 1.43 bits per heavy atom. The number of benzene rings is 3. The quantitative estimate of drug-likeness (QED) is 0.182. The van der Waals surface area contributed by atoms with Gasteiger partial charge in [-0.15, -0.1) is 71.8 Å². The van der Waals surface area contributed by atoms with Gasteiger partial charge in [-0.1, -0.05) is 56.2 Å². The molecule has 0 bridgehead atoms. The normalized spacial score (nSPS) is 15.4. The molecule has 2 heterocycles. The van der Waals surface area contributed by atoms with Gasteiger partial charge in [0.25, 0.3) is 0 Å². The summed E-state index contributed by atoms with van der Waals surface area (Å²) in [6.07, 6.45) is 0.394. The average Bonchev–Trinajstić information content (AvgIpc) is 3.01. The molecule has 0 aliphatic heterocycles. The molecule has 177 valence electrons. The summed E-state index contributed by atoms with van der Waals surface area (Å²) in [6, 6.07) is 36.6. The van der Waals surface area contributed by atoms with Crippen molar-refractivity contribution < 1.29 is 32.4 Å². The van der Waals surface area contributed by atoms with Gasteiger partial charge >= 0.3 is 0 Å². The van der Waals surface area contributed by atoms with Crippen LogP contribution in [0.2, 0.25) is 0 Å². The van der Waals surface area contributed by atoms with Gasteiger partial charge < -0.3 is 9.97 Å². The molecule has 0 unspecified atom stereocenters. The summed E-state index contributed by atoms with van der Waals surface area (Å²) in [4.78, 5) is 8.54. The molecule has 3 aromatic carbocycles. The minimum absolute atomic E-state index is 0. The van der Waals surface area contributed by atoms with E-state index >= 15 is 0 Å². The largest absolute Gasteiger partial charge is 0.305 e. The first-order valence-corrected chi connectivity index (χ1v) is 10.7. The topological polar surface area (TPSA) is 25.8 Å². The van der Waals surface area contributed by atoms with Crippen LogP contribution < -0.4 is 0 Å². The summed E-state index contributed by atoms with van der Waals surface area (Å²) < 4.78 is 70.8. The molecule has 0 N–H and O–H groups in total. The van der Waals surface area contributed by atoms with E-state index in [1.807, 2.05) is 60.7 Å². The zero-order valence-electron chi connectivity index (χ0n) is 27.7. The van der Waals surface area contributed by atoms with E-state index in [2.05, 4.69) is 22.1 Å². The maximum atomic E-state index is 8.41. The Hall–Kier alpha value is -3.39. The zero-order valence-corrected chi connectivity index (χ0v) is 21.1. The molecule has 0 spiro atoms. The smallest absolute Gasteiger partial charge is 0.0319 e. The van der Waals surface area contributed by atoms with Gasteiger partial charge in [0, 0.05) is 44.8 Å². The molecule has 1 radical (unpaired) electrons. The van der Waals surface area contributed by atoms with Gasteiger partial charge in [0.2, 0.25) is 0 Å². The Bertz CT molecular complexity index is 1580. The van der Waals surface area contributed by atoms with E-state index in [1.165, 1.54) is 18.2 Å². The van der Waals surface area contributed by atoms with E-state index in [1.54, 1.807) is 36.7 Å². The maximum Gasteiger partial charge on any atom is 0.0319 e. The molecule has 3 heteroatoms. The fraction of sp³-hybridized carbons (Fsp3) is 0.125. The molecule has 0 saturated carbocycles. The van der Waals surface area contributed by atoms with Crippen LogP contribution in [0, 0.1) is 18.0 Å². The molecule has 0 atom stereocenters. The molecule has 5 rings (SSSR count). The fourth-order valence-corrected chi connectivity index (χ4v) is 3.31. The van der Waals surface area contributed by atoms with Crippen molar-refractivity contribution in [2.45, 2.75) is 20.1 Å². The zero-order chi connectivity index (χ0) is 31.3. The molecule has 2 aromatic heterocycles. The Morgan fingerprint density at radius 1 is 0.743 bits per heavy atom. The Labute approximate surface area is 235 Å². The van der Waals surface area contributed by atoms with Crippen molar-refractivity contribution in [1.29, 1.82) is 0 Å². The van der Waals surface area contributed by atoms with Crippen LogP contribution in [0.15, 0.2) is 116 Å². The van der Waals surface area contributed by atoms with Crippen molar-refractivity contribution in [2.24, 2.45) is 5.89 Å². The van der Waals surface area contributed by atoms with Crippen molar-refractivity contribution in [2.75, 3.05) is 0 Å². The van der Waals surface area contributed by atoms with Gasteiger partial charge in [0.05, 0.1) is 0 Å². The van der Waals surface area contributed by atoms with Crippen LogP contribution in [0.25, 0.3) is 33.6 Å².